The molecule has 0 aromatic rings. The Morgan fingerprint density at radius 2 is 2.00 bits per heavy atom. The van der Waals surface area contributed by atoms with E-state index in [1.807, 2.05) is 6.08 Å². The molecular weight excluding hydrogens is 243 g/mol. The summed E-state index contributed by atoms with van der Waals surface area (Å²) >= 11 is 0. The number of allylic oxidation sites excluding steroid dienone is 1. The van der Waals surface area contributed by atoms with Crippen LogP contribution in [0, 0.1) is 0 Å². The van der Waals surface area contributed by atoms with Gasteiger partial charge in [0, 0.05) is 6.54 Å². The van der Waals surface area contributed by atoms with Crippen molar-refractivity contribution in [3.05, 3.63) is 11.6 Å². The van der Waals surface area contributed by atoms with Crippen LogP contribution in [0.4, 0.5) is 13.2 Å². The second-order valence-electron chi connectivity index (χ2n) is 3.70. The number of halogens is 3. The Kier molecular flexibility index (Phi) is 4.37. The molecular formula is C9H14F3NO2S. The maximum absolute atomic E-state index is 11.9. The molecule has 0 fully saturated rings. The minimum Gasteiger partial charge on any atom is -0.207 e. The number of alkyl halides is 3. The molecule has 0 unspecified atom stereocenters. The van der Waals surface area contributed by atoms with Crippen LogP contribution in [0.5, 0.6) is 0 Å². The zero-order valence-electron chi connectivity index (χ0n) is 8.68. The second kappa shape index (κ2) is 5.18. The molecule has 1 rings (SSSR count). The molecule has 0 aliphatic heterocycles. The first-order valence-electron chi connectivity index (χ1n) is 5.07. The van der Waals surface area contributed by atoms with Crippen molar-refractivity contribution in [3.8, 4) is 0 Å². The monoisotopic (exact) mass is 257 g/mol. The lowest BCUT2D eigenvalue weighted by Gasteiger charge is -2.13. The summed E-state index contributed by atoms with van der Waals surface area (Å²) in [6.07, 6.45) is 6.24. The van der Waals surface area contributed by atoms with Crippen LogP contribution in [0.15, 0.2) is 11.6 Å². The van der Waals surface area contributed by atoms with Crippen molar-refractivity contribution in [2.45, 2.75) is 37.6 Å². The summed E-state index contributed by atoms with van der Waals surface area (Å²) in [7, 11) is -5.18. The highest BCUT2D eigenvalue weighted by Crippen LogP contribution is 2.23. The van der Waals surface area contributed by atoms with Crippen molar-refractivity contribution in [2.24, 2.45) is 0 Å². The highest BCUT2D eigenvalue weighted by molar-refractivity contribution is 7.90. The normalized spacial score (nSPS) is 18.3. The molecule has 0 atom stereocenters. The average Bonchev–Trinajstić information content (AvgIpc) is 2.17. The van der Waals surface area contributed by atoms with E-state index in [1.54, 1.807) is 4.72 Å². The highest BCUT2D eigenvalue weighted by Gasteiger charge is 2.45. The SMILES string of the molecule is O=S(=O)(NCCC1=CCCCC1)C(F)(F)F. The number of hydrogen-bond donors (Lipinski definition) is 1. The Morgan fingerprint density at radius 1 is 1.31 bits per heavy atom. The van der Waals surface area contributed by atoms with E-state index in [0.717, 1.165) is 31.3 Å². The van der Waals surface area contributed by atoms with Crippen LogP contribution in [-0.4, -0.2) is 20.5 Å². The molecule has 0 aromatic carbocycles. The largest absolute Gasteiger partial charge is 0.511 e. The smallest absolute Gasteiger partial charge is 0.207 e. The van der Waals surface area contributed by atoms with Crippen molar-refractivity contribution in [1.82, 2.24) is 4.72 Å². The van der Waals surface area contributed by atoms with Gasteiger partial charge in [-0.2, -0.15) is 13.2 Å². The predicted molar refractivity (Wildman–Crippen MR) is 54.1 cm³/mol. The van der Waals surface area contributed by atoms with Crippen molar-refractivity contribution in [3.63, 3.8) is 0 Å². The van der Waals surface area contributed by atoms with Gasteiger partial charge < -0.3 is 0 Å². The van der Waals surface area contributed by atoms with E-state index in [1.165, 1.54) is 0 Å². The molecule has 0 radical (unpaired) electrons. The maximum Gasteiger partial charge on any atom is 0.511 e. The van der Waals surface area contributed by atoms with Gasteiger partial charge in [-0.05, 0) is 32.1 Å². The zero-order valence-corrected chi connectivity index (χ0v) is 9.50. The van der Waals surface area contributed by atoms with E-state index in [-0.39, 0.29) is 6.54 Å². The van der Waals surface area contributed by atoms with Gasteiger partial charge in [-0.1, -0.05) is 11.6 Å². The van der Waals surface area contributed by atoms with Gasteiger partial charge in [-0.15, -0.1) is 0 Å². The summed E-state index contributed by atoms with van der Waals surface area (Å²) in [4.78, 5) is 0. The third-order valence-corrected chi connectivity index (χ3v) is 3.62. The van der Waals surface area contributed by atoms with Crippen molar-refractivity contribution in [2.75, 3.05) is 6.54 Å². The molecule has 0 saturated heterocycles. The van der Waals surface area contributed by atoms with Crippen LogP contribution in [0.2, 0.25) is 0 Å². The second-order valence-corrected chi connectivity index (χ2v) is 5.46. The van der Waals surface area contributed by atoms with Gasteiger partial charge in [0.05, 0.1) is 0 Å². The zero-order chi connectivity index (χ0) is 12.2. The van der Waals surface area contributed by atoms with Crippen LogP contribution in [0.25, 0.3) is 0 Å². The Balaban J connectivity index is 2.38. The molecule has 0 bridgehead atoms. The summed E-state index contributed by atoms with van der Waals surface area (Å²) < 4.78 is 58.6. The van der Waals surface area contributed by atoms with E-state index in [0.29, 0.717) is 6.42 Å². The minimum absolute atomic E-state index is 0.187. The first-order chi connectivity index (χ1) is 7.33. The van der Waals surface area contributed by atoms with E-state index in [2.05, 4.69) is 0 Å². The van der Waals surface area contributed by atoms with Crippen molar-refractivity contribution >= 4 is 10.0 Å². The molecule has 0 spiro atoms. The molecule has 1 aliphatic carbocycles. The molecule has 0 saturated carbocycles. The predicted octanol–water partition coefficient (Wildman–Crippen LogP) is 2.32. The summed E-state index contributed by atoms with van der Waals surface area (Å²) in [5.74, 6) is 0. The topological polar surface area (TPSA) is 46.2 Å². The molecule has 1 aliphatic rings. The van der Waals surface area contributed by atoms with E-state index >= 15 is 0 Å². The summed E-state index contributed by atoms with van der Waals surface area (Å²) in [6.45, 7) is -0.187. The Labute approximate surface area is 92.8 Å². The fourth-order valence-corrected chi connectivity index (χ4v) is 2.09. The van der Waals surface area contributed by atoms with Gasteiger partial charge in [0.1, 0.15) is 0 Å². The van der Waals surface area contributed by atoms with Crippen LogP contribution in [0.1, 0.15) is 32.1 Å². The maximum atomic E-state index is 11.9. The van der Waals surface area contributed by atoms with Gasteiger partial charge in [0.15, 0.2) is 0 Å². The lowest BCUT2D eigenvalue weighted by Crippen LogP contribution is -2.37. The number of rotatable bonds is 4. The summed E-state index contributed by atoms with van der Waals surface area (Å²) in [6, 6.07) is 0. The van der Waals surface area contributed by atoms with E-state index in [9.17, 15) is 21.6 Å². The van der Waals surface area contributed by atoms with Crippen LogP contribution in [0.3, 0.4) is 0 Å². The molecule has 1 N–H and O–H groups in total. The van der Waals surface area contributed by atoms with Gasteiger partial charge >= 0.3 is 15.5 Å². The van der Waals surface area contributed by atoms with E-state index in [4.69, 9.17) is 0 Å². The Bertz CT molecular complexity index is 359. The molecule has 94 valence electrons. The fraction of sp³-hybridized carbons (Fsp3) is 0.778. The first-order valence-corrected chi connectivity index (χ1v) is 6.55. The van der Waals surface area contributed by atoms with E-state index < -0.39 is 15.5 Å². The lowest BCUT2D eigenvalue weighted by molar-refractivity contribution is -0.0447. The quantitative estimate of drug-likeness (QED) is 0.786. The van der Waals surface area contributed by atoms with Crippen LogP contribution >= 0.6 is 0 Å². The Hall–Kier alpha value is -0.560. The Morgan fingerprint density at radius 3 is 2.50 bits per heavy atom. The average molecular weight is 257 g/mol. The van der Waals surface area contributed by atoms with Gasteiger partial charge in [-0.25, -0.2) is 13.1 Å². The molecule has 0 aromatic heterocycles. The van der Waals surface area contributed by atoms with Gasteiger partial charge in [0.2, 0.25) is 0 Å². The van der Waals surface area contributed by atoms with Gasteiger partial charge in [-0.3, -0.25) is 0 Å². The molecule has 0 amide bonds. The van der Waals surface area contributed by atoms with Gasteiger partial charge in [0.25, 0.3) is 0 Å². The summed E-state index contributed by atoms with van der Waals surface area (Å²) in [5.41, 5.74) is -4.18. The third kappa shape index (κ3) is 3.79. The number of nitrogens with one attached hydrogen (secondary N) is 1. The van der Waals surface area contributed by atoms with Crippen molar-refractivity contribution in [1.29, 1.82) is 0 Å². The highest BCUT2D eigenvalue weighted by atomic mass is 32.2. The van der Waals surface area contributed by atoms with Crippen LogP contribution < -0.4 is 4.72 Å². The third-order valence-electron chi connectivity index (χ3n) is 2.43. The first kappa shape index (κ1) is 13.5. The van der Waals surface area contributed by atoms with Crippen molar-refractivity contribution < 1.29 is 21.6 Å². The number of hydrogen-bond acceptors (Lipinski definition) is 2. The summed E-state index contributed by atoms with van der Waals surface area (Å²) in [5, 5.41) is 0. The fourth-order valence-electron chi connectivity index (χ4n) is 1.56. The number of sulfonamides is 1. The molecule has 0 heterocycles. The lowest BCUT2D eigenvalue weighted by atomic mass is 9.97. The minimum atomic E-state index is -5.21. The molecule has 3 nitrogen and oxygen atoms in total. The standard InChI is InChI=1S/C9H14F3NO2S/c10-9(11,12)16(14,15)13-7-6-8-4-2-1-3-5-8/h4,13H,1-3,5-7H2. The molecule has 16 heavy (non-hydrogen) atoms. The van der Waals surface area contributed by atoms with Crippen LogP contribution in [-0.2, 0) is 10.0 Å². The molecule has 7 heteroatoms.